The minimum absolute atomic E-state index is 0.0790. The molecule has 142 valence electrons. The zero-order chi connectivity index (χ0) is 19.1. The van der Waals surface area contributed by atoms with Crippen LogP contribution in [0.25, 0.3) is 0 Å². The Kier molecular flexibility index (Phi) is 7.46. The summed E-state index contributed by atoms with van der Waals surface area (Å²) in [6, 6.07) is 1.75. The molecule has 0 bridgehead atoms. The number of hydrogen-bond donors (Lipinski definition) is 2. The van der Waals surface area contributed by atoms with Crippen molar-refractivity contribution in [1.82, 2.24) is 14.8 Å². The molecule has 0 unspecified atom stereocenters. The Labute approximate surface area is 159 Å². The number of rotatable bonds is 9. The van der Waals surface area contributed by atoms with E-state index in [-0.39, 0.29) is 24.0 Å². The third-order valence-electron chi connectivity index (χ3n) is 3.38. The largest absolute Gasteiger partial charge is 0.462 e. The molecule has 26 heavy (non-hydrogen) atoms. The minimum Gasteiger partial charge on any atom is -0.462 e. The minimum atomic E-state index is -0.449. The van der Waals surface area contributed by atoms with Gasteiger partial charge in [0.2, 0.25) is 5.91 Å². The van der Waals surface area contributed by atoms with Crippen LogP contribution in [0, 0.1) is 0 Å². The number of thioether (sulfide) groups is 1. The maximum Gasteiger partial charge on any atom is 0.343 e. The quantitative estimate of drug-likeness (QED) is 0.497. The number of hydrogen-bond acceptors (Lipinski definition) is 7. The average molecular weight is 399 g/mol. The summed E-state index contributed by atoms with van der Waals surface area (Å²) in [4.78, 5) is 37.0. The van der Waals surface area contributed by atoms with E-state index in [1.54, 1.807) is 13.0 Å². The zero-order valence-corrected chi connectivity index (χ0v) is 16.6. The Hall–Kier alpha value is -2.07. The monoisotopic (exact) mass is 398 g/mol. The van der Waals surface area contributed by atoms with Crippen LogP contribution in [0.2, 0.25) is 0 Å². The first kappa shape index (κ1) is 20.2. The van der Waals surface area contributed by atoms with E-state index in [4.69, 9.17) is 4.74 Å². The summed E-state index contributed by atoms with van der Waals surface area (Å²) in [6.07, 6.45) is 1.55. The number of ether oxygens (including phenoxy) is 1. The number of H-pyrrole nitrogens is 1. The van der Waals surface area contributed by atoms with E-state index in [9.17, 15) is 14.4 Å². The fourth-order valence-electron chi connectivity index (χ4n) is 2.20. The number of aryl methyl sites for hydroxylation is 1. The first-order chi connectivity index (χ1) is 12.5. The van der Waals surface area contributed by atoms with E-state index in [2.05, 4.69) is 15.5 Å². The molecule has 1 amide bonds. The van der Waals surface area contributed by atoms with Crippen molar-refractivity contribution in [3.05, 3.63) is 27.0 Å². The van der Waals surface area contributed by atoms with Crippen molar-refractivity contribution in [3.8, 4) is 0 Å². The van der Waals surface area contributed by atoms with Crippen molar-refractivity contribution in [1.29, 1.82) is 0 Å². The maximum absolute atomic E-state index is 12.3. The van der Waals surface area contributed by atoms with E-state index >= 15 is 0 Å². The number of carbonyl (C=O) groups is 2. The number of aromatic amines is 1. The van der Waals surface area contributed by atoms with Gasteiger partial charge in [-0.2, -0.15) is 0 Å². The standard InChI is InChI=1S/C16H22N4O4S2/c1-4-7-20-15(23)18-19-16(20)25-9-12(21)17-13-11(14(22)24-6-3)8-10(5-2)26-13/h8H,4-7,9H2,1-3H3,(H,17,21)(H,18,23). The average Bonchev–Trinajstić information content (AvgIpc) is 3.18. The van der Waals surface area contributed by atoms with Gasteiger partial charge < -0.3 is 10.1 Å². The molecule has 0 saturated heterocycles. The number of nitrogens with one attached hydrogen (secondary N) is 2. The molecule has 0 aliphatic carbocycles. The smallest absolute Gasteiger partial charge is 0.343 e. The lowest BCUT2D eigenvalue weighted by Crippen LogP contribution is -2.19. The van der Waals surface area contributed by atoms with Crippen LogP contribution in [-0.2, 0) is 22.5 Å². The lowest BCUT2D eigenvalue weighted by atomic mass is 10.2. The Morgan fingerprint density at radius 1 is 1.38 bits per heavy atom. The van der Waals surface area contributed by atoms with E-state index < -0.39 is 5.97 Å². The van der Waals surface area contributed by atoms with Gasteiger partial charge in [0.25, 0.3) is 0 Å². The van der Waals surface area contributed by atoms with Gasteiger partial charge in [-0.1, -0.05) is 25.6 Å². The lowest BCUT2D eigenvalue weighted by Gasteiger charge is -2.06. The Bertz CT molecular complexity index is 825. The van der Waals surface area contributed by atoms with E-state index in [0.29, 0.717) is 22.3 Å². The molecule has 2 rings (SSSR count). The van der Waals surface area contributed by atoms with Crippen molar-refractivity contribution in [2.45, 2.75) is 45.3 Å². The summed E-state index contributed by atoms with van der Waals surface area (Å²) in [7, 11) is 0. The molecule has 0 fully saturated rings. The molecule has 0 aliphatic heterocycles. The molecule has 0 radical (unpaired) electrons. The summed E-state index contributed by atoms with van der Waals surface area (Å²) in [5.41, 5.74) is 0.0833. The van der Waals surface area contributed by atoms with Gasteiger partial charge in [0.05, 0.1) is 17.9 Å². The lowest BCUT2D eigenvalue weighted by molar-refractivity contribution is -0.113. The third-order valence-corrected chi connectivity index (χ3v) is 5.55. The SMILES string of the molecule is CCCn1c(SCC(=O)Nc2sc(CC)cc2C(=O)OCC)n[nH]c1=O. The molecule has 0 spiro atoms. The van der Waals surface area contributed by atoms with Crippen molar-refractivity contribution < 1.29 is 14.3 Å². The highest BCUT2D eigenvalue weighted by Crippen LogP contribution is 2.29. The van der Waals surface area contributed by atoms with Crippen LogP contribution >= 0.6 is 23.1 Å². The number of carbonyl (C=O) groups excluding carboxylic acids is 2. The predicted molar refractivity (Wildman–Crippen MR) is 102 cm³/mol. The molecule has 2 aromatic rings. The van der Waals surface area contributed by atoms with Crippen LogP contribution < -0.4 is 11.0 Å². The number of aromatic nitrogens is 3. The number of anilines is 1. The second-order valence-corrected chi connectivity index (χ2v) is 7.41. The molecule has 8 nitrogen and oxygen atoms in total. The van der Waals surface area contributed by atoms with Crippen molar-refractivity contribution in [2.75, 3.05) is 17.7 Å². The summed E-state index contributed by atoms with van der Waals surface area (Å²) in [5, 5.41) is 10.0. The number of amides is 1. The molecule has 2 N–H and O–H groups in total. The number of thiophene rings is 1. The zero-order valence-electron chi connectivity index (χ0n) is 15.0. The molecule has 0 aliphatic rings. The van der Waals surface area contributed by atoms with Crippen molar-refractivity contribution >= 4 is 40.0 Å². The summed E-state index contributed by atoms with van der Waals surface area (Å²) < 4.78 is 6.54. The summed E-state index contributed by atoms with van der Waals surface area (Å²) >= 11 is 2.53. The fourth-order valence-corrected chi connectivity index (χ4v) is 3.97. The highest BCUT2D eigenvalue weighted by Gasteiger charge is 2.19. The van der Waals surface area contributed by atoms with Gasteiger partial charge in [0.1, 0.15) is 5.00 Å². The van der Waals surface area contributed by atoms with Gasteiger partial charge in [-0.05, 0) is 25.8 Å². The number of nitrogens with zero attached hydrogens (tertiary/aromatic N) is 2. The van der Waals surface area contributed by atoms with Crippen LogP contribution in [-0.4, -0.2) is 39.0 Å². The molecule has 2 aromatic heterocycles. The normalized spacial score (nSPS) is 10.7. The van der Waals surface area contributed by atoms with Crippen LogP contribution in [0.1, 0.15) is 42.4 Å². The van der Waals surface area contributed by atoms with Gasteiger partial charge in [0, 0.05) is 11.4 Å². The van der Waals surface area contributed by atoms with Gasteiger partial charge in [-0.3, -0.25) is 9.36 Å². The first-order valence-electron chi connectivity index (χ1n) is 8.37. The molecule has 0 atom stereocenters. The van der Waals surface area contributed by atoms with Gasteiger partial charge in [0.15, 0.2) is 5.16 Å². The second-order valence-electron chi connectivity index (χ2n) is 5.33. The van der Waals surface area contributed by atoms with Crippen molar-refractivity contribution in [2.24, 2.45) is 0 Å². The van der Waals surface area contributed by atoms with Crippen LogP contribution in [0.3, 0.4) is 0 Å². The molecule has 0 aromatic carbocycles. The first-order valence-corrected chi connectivity index (χ1v) is 10.2. The Morgan fingerprint density at radius 2 is 2.15 bits per heavy atom. The third kappa shape index (κ3) is 4.98. The van der Waals surface area contributed by atoms with Crippen LogP contribution in [0.5, 0.6) is 0 Å². The Morgan fingerprint density at radius 3 is 2.81 bits per heavy atom. The predicted octanol–water partition coefficient (Wildman–Crippen LogP) is 2.51. The molecule has 2 heterocycles. The van der Waals surface area contributed by atoms with Gasteiger partial charge >= 0.3 is 11.7 Å². The van der Waals surface area contributed by atoms with Gasteiger partial charge in [-0.15, -0.1) is 16.4 Å². The summed E-state index contributed by atoms with van der Waals surface area (Å²) in [6.45, 7) is 6.48. The molecule has 10 heteroatoms. The molecular weight excluding hydrogens is 376 g/mol. The molecule has 0 saturated carbocycles. The van der Waals surface area contributed by atoms with E-state index in [1.807, 2.05) is 13.8 Å². The topological polar surface area (TPSA) is 106 Å². The maximum atomic E-state index is 12.3. The summed E-state index contributed by atoms with van der Waals surface area (Å²) in [5.74, 6) is -0.644. The molecular formula is C16H22N4O4S2. The number of esters is 1. The Balaban J connectivity index is 2.05. The van der Waals surface area contributed by atoms with E-state index in [1.165, 1.54) is 27.7 Å². The van der Waals surface area contributed by atoms with Crippen LogP contribution in [0.4, 0.5) is 5.00 Å². The van der Waals surface area contributed by atoms with E-state index in [0.717, 1.165) is 17.7 Å². The van der Waals surface area contributed by atoms with Gasteiger partial charge in [-0.25, -0.2) is 14.7 Å². The highest BCUT2D eigenvalue weighted by atomic mass is 32.2. The highest BCUT2D eigenvalue weighted by molar-refractivity contribution is 7.99. The van der Waals surface area contributed by atoms with Crippen molar-refractivity contribution in [3.63, 3.8) is 0 Å². The second kappa shape index (κ2) is 9.58. The van der Waals surface area contributed by atoms with Crippen LogP contribution in [0.15, 0.2) is 16.0 Å². The fraction of sp³-hybridized carbons (Fsp3) is 0.500.